The first-order valence-electron chi connectivity index (χ1n) is 9.96. The Morgan fingerprint density at radius 3 is 2.55 bits per heavy atom. The van der Waals surface area contributed by atoms with Crippen molar-refractivity contribution in [3.05, 3.63) is 64.3 Å². The molecule has 6 heteroatoms. The zero-order valence-corrected chi connectivity index (χ0v) is 18.5. The van der Waals surface area contributed by atoms with Crippen molar-refractivity contribution in [3.63, 3.8) is 0 Å². The molecule has 0 saturated carbocycles. The highest BCUT2D eigenvalue weighted by atomic mass is 79.9. The van der Waals surface area contributed by atoms with Gasteiger partial charge in [0, 0.05) is 15.7 Å². The summed E-state index contributed by atoms with van der Waals surface area (Å²) in [5.74, 6) is 0.229. The number of halogens is 1. The van der Waals surface area contributed by atoms with Crippen LogP contribution in [0.4, 0.5) is 11.6 Å². The summed E-state index contributed by atoms with van der Waals surface area (Å²) >= 11 is 3.64. The van der Waals surface area contributed by atoms with Gasteiger partial charge in [-0.15, -0.1) is 0 Å². The number of aromatic nitrogens is 2. The lowest BCUT2D eigenvalue weighted by atomic mass is 10.1. The van der Waals surface area contributed by atoms with Crippen molar-refractivity contribution in [2.45, 2.75) is 46.1 Å². The van der Waals surface area contributed by atoms with Gasteiger partial charge in [-0.05, 0) is 38.0 Å². The van der Waals surface area contributed by atoms with Crippen LogP contribution in [0.1, 0.15) is 37.4 Å². The standard InChI is InChI=1S/C23H27BrN4O/c1-3-4-5-10-20-22(18-8-6-7-9-19(18)24)28(23(25)27-20)15-21(29)26-17-13-11-16(2)12-14-17/h6-9,11-14H,3-5,10,15H2,1-2H3,(H2,25,27)(H,26,29). The predicted octanol–water partition coefficient (Wildman–Crippen LogP) is 5.57. The molecule has 0 saturated heterocycles. The molecule has 0 aliphatic rings. The highest BCUT2D eigenvalue weighted by Crippen LogP contribution is 2.33. The van der Waals surface area contributed by atoms with Crippen molar-refractivity contribution < 1.29 is 4.79 Å². The summed E-state index contributed by atoms with van der Waals surface area (Å²) in [6.07, 6.45) is 4.15. The number of rotatable bonds is 8. The van der Waals surface area contributed by atoms with Crippen molar-refractivity contribution in [2.75, 3.05) is 11.1 Å². The number of hydrogen-bond acceptors (Lipinski definition) is 3. The summed E-state index contributed by atoms with van der Waals surface area (Å²) in [5.41, 5.74) is 11.0. The third kappa shape index (κ3) is 5.26. The molecule has 0 radical (unpaired) electrons. The van der Waals surface area contributed by atoms with Crippen molar-refractivity contribution in [1.82, 2.24) is 9.55 Å². The largest absolute Gasteiger partial charge is 0.369 e. The summed E-state index contributed by atoms with van der Waals surface area (Å²) in [6, 6.07) is 15.7. The van der Waals surface area contributed by atoms with Crippen LogP contribution < -0.4 is 11.1 Å². The molecule has 0 unspecified atom stereocenters. The number of anilines is 2. The second-order valence-electron chi connectivity index (χ2n) is 7.20. The molecule has 0 bridgehead atoms. The summed E-state index contributed by atoms with van der Waals surface area (Å²) in [4.78, 5) is 17.3. The Kier molecular flexibility index (Phi) is 7.09. The van der Waals surface area contributed by atoms with Gasteiger partial charge in [0.15, 0.2) is 0 Å². The van der Waals surface area contributed by atoms with E-state index in [2.05, 4.69) is 33.2 Å². The first kappa shape index (κ1) is 21.1. The van der Waals surface area contributed by atoms with Gasteiger partial charge in [-0.2, -0.15) is 0 Å². The zero-order chi connectivity index (χ0) is 20.8. The van der Waals surface area contributed by atoms with Crippen LogP contribution in [-0.4, -0.2) is 15.5 Å². The zero-order valence-electron chi connectivity index (χ0n) is 16.9. The monoisotopic (exact) mass is 454 g/mol. The number of nitrogen functional groups attached to an aromatic ring is 1. The van der Waals surface area contributed by atoms with Gasteiger partial charge in [-0.25, -0.2) is 4.98 Å². The van der Waals surface area contributed by atoms with Crippen LogP contribution >= 0.6 is 15.9 Å². The van der Waals surface area contributed by atoms with Crippen LogP contribution in [0.3, 0.4) is 0 Å². The molecule has 3 N–H and O–H groups in total. The van der Waals surface area contributed by atoms with Crippen LogP contribution in [-0.2, 0) is 17.8 Å². The fraction of sp³-hybridized carbons (Fsp3) is 0.304. The lowest BCUT2D eigenvalue weighted by Crippen LogP contribution is -2.20. The average Bonchev–Trinajstić information content (AvgIpc) is 2.99. The van der Waals surface area contributed by atoms with Gasteiger partial charge in [0.2, 0.25) is 11.9 Å². The highest BCUT2D eigenvalue weighted by molar-refractivity contribution is 9.10. The molecule has 5 nitrogen and oxygen atoms in total. The summed E-state index contributed by atoms with van der Waals surface area (Å²) in [6.45, 7) is 4.30. The van der Waals surface area contributed by atoms with E-state index >= 15 is 0 Å². The summed E-state index contributed by atoms with van der Waals surface area (Å²) < 4.78 is 2.77. The maximum atomic E-state index is 12.7. The van der Waals surface area contributed by atoms with Crippen molar-refractivity contribution in [1.29, 1.82) is 0 Å². The highest BCUT2D eigenvalue weighted by Gasteiger charge is 2.20. The predicted molar refractivity (Wildman–Crippen MR) is 123 cm³/mol. The molecule has 0 atom stereocenters. The van der Waals surface area contributed by atoms with E-state index in [0.29, 0.717) is 5.95 Å². The van der Waals surface area contributed by atoms with E-state index in [4.69, 9.17) is 5.73 Å². The molecule has 152 valence electrons. The fourth-order valence-electron chi connectivity index (χ4n) is 3.33. The number of amides is 1. The van der Waals surface area contributed by atoms with E-state index in [-0.39, 0.29) is 12.5 Å². The van der Waals surface area contributed by atoms with Crippen LogP contribution in [0.25, 0.3) is 11.3 Å². The van der Waals surface area contributed by atoms with Crippen LogP contribution in [0.5, 0.6) is 0 Å². The topological polar surface area (TPSA) is 72.9 Å². The fourth-order valence-corrected chi connectivity index (χ4v) is 3.81. The Morgan fingerprint density at radius 1 is 1.14 bits per heavy atom. The number of nitrogens with zero attached hydrogens (tertiary/aromatic N) is 2. The molecule has 29 heavy (non-hydrogen) atoms. The smallest absolute Gasteiger partial charge is 0.244 e. The third-order valence-corrected chi connectivity index (χ3v) is 5.54. The number of benzene rings is 2. The normalized spacial score (nSPS) is 10.9. The van der Waals surface area contributed by atoms with Gasteiger partial charge in [-0.3, -0.25) is 4.79 Å². The molecule has 0 aliphatic carbocycles. The Balaban J connectivity index is 1.91. The number of carbonyl (C=O) groups is 1. The quantitative estimate of drug-likeness (QED) is 0.436. The van der Waals surface area contributed by atoms with E-state index in [1.165, 1.54) is 0 Å². The molecule has 0 fully saturated rings. The molecule has 3 rings (SSSR count). The lowest BCUT2D eigenvalue weighted by Gasteiger charge is -2.13. The second kappa shape index (κ2) is 9.74. The minimum Gasteiger partial charge on any atom is -0.369 e. The molecule has 1 amide bonds. The van der Waals surface area contributed by atoms with Crippen LogP contribution in [0.15, 0.2) is 53.0 Å². The van der Waals surface area contributed by atoms with Gasteiger partial charge in [-0.1, -0.05) is 71.6 Å². The number of unbranched alkanes of at least 4 members (excludes halogenated alkanes) is 2. The molecular weight excluding hydrogens is 428 g/mol. The van der Waals surface area contributed by atoms with Gasteiger partial charge in [0.25, 0.3) is 0 Å². The molecule has 1 aromatic heterocycles. The maximum Gasteiger partial charge on any atom is 0.244 e. The van der Waals surface area contributed by atoms with Gasteiger partial charge in [0.05, 0.1) is 11.4 Å². The number of nitrogens with one attached hydrogen (secondary N) is 1. The molecule has 3 aromatic rings. The Morgan fingerprint density at radius 2 is 1.86 bits per heavy atom. The number of carbonyl (C=O) groups excluding carboxylic acids is 1. The minimum atomic E-state index is -0.133. The van der Waals surface area contributed by atoms with Crippen molar-refractivity contribution in [2.24, 2.45) is 0 Å². The molecule has 0 spiro atoms. The summed E-state index contributed by atoms with van der Waals surface area (Å²) in [5, 5.41) is 2.94. The van der Waals surface area contributed by atoms with Crippen LogP contribution in [0, 0.1) is 6.92 Å². The van der Waals surface area contributed by atoms with E-state index in [9.17, 15) is 4.79 Å². The first-order valence-corrected chi connectivity index (χ1v) is 10.7. The molecule has 1 heterocycles. The van der Waals surface area contributed by atoms with Crippen LogP contribution in [0.2, 0.25) is 0 Å². The van der Waals surface area contributed by atoms with E-state index in [0.717, 1.165) is 58.4 Å². The Hall–Kier alpha value is -2.60. The van der Waals surface area contributed by atoms with Gasteiger partial charge < -0.3 is 15.6 Å². The lowest BCUT2D eigenvalue weighted by molar-refractivity contribution is -0.116. The SMILES string of the molecule is CCCCCc1nc(N)n(CC(=O)Nc2ccc(C)cc2)c1-c1ccccc1Br. The summed E-state index contributed by atoms with van der Waals surface area (Å²) in [7, 11) is 0. The van der Waals surface area contributed by atoms with Gasteiger partial charge in [0.1, 0.15) is 6.54 Å². The number of aryl methyl sites for hydroxylation is 2. The number of nitrogens with two attached hydrogens (primary N) is 1. The van der Waals surface area contributed by atoms with E-state index in [1.807, 2.05) is 60.0 Å². The number of imidazole rings is 1. The Bertz CT molecular complexity index is 979. The second-order valence-corrected chi connectivity index (χ2v) is 8.06. The molecule has 0 aliphatic heterocycles. The maximum absolute atomic E-state index is 12.7. The number of hydrogen-bond donors (Lipinski definition) is 2. The first-order chi connectivity index (χ1) is 14.0. The third-order valence-electron chi connectivity index (χ3n) is 4.85. The molecule has 2 aromatic carbocycles. The molecular formula is C23H27BrN4O. The van der Waals surface area contributed by atoms with E-state index in [1.54, 1.807) is 0 Å². The minimum absolute atomic E-state index is 0.108. The Labute approximate surface area is 180 Å². The van der Waals surface area contributed by atoms with Gasteiger partial charge >= 0.3 is 0 Å². The van der Waals surface area contributed by atoms with E-state index < -0.39 is 0 Å². The average molecular weight is 455 g/mol. The van der Waals surface area contributed by atoms with Crippen molar-refractivity contribution >= 4 is 33.5 Å². The van der Waals surface area contributed by atoms with Crippen molar-refractivity contribution in [3.8, 4) is 11.3 Å².